The number of nitrogens with one attached hydrogen (secondary N) is 3. The fraction of sp³-hybridized carbons (Fsp3) is 0. The van der Waals surface area contributed by atoms with E-state index in [1.54, 1.807) is 30.5 Å². The van der Waals surface area contributed by atoms with Gasteiger partial charge in [0.1, 0.15) is 5.69 Å². The third kappa shape index (κ3) is 4.84. The van der Waals surface area contributed by atoms with Gasteiger partial charge in [0.25, 0.3) is 5.91 Å². The average molecular weight is 422 g/mol. The number of aromatic nitrogens is 2. The van der Waals surface area contributed by atoms with Crippen LogP contribution in [0.2, 0.25) is 0 Å². The number of amides is 3. The number of para-hydroxylation sites is 1. The van der Waals surface area contributed by atoms with Gasteiger partial charge in [-0.25, -0.2) is 9.78 Å². The lowest BCUT2D eigenvalue weighted by Gasteiger charge is -2.05. The van der Waals surface area contributed by atoms with E-state index in [9.17, 15) is 9.59 Å². The number of carbonyl (C=O) groups excluding carboxylic acids is 2. The van der Waals surface area contributed by atoms with Gasteiger partial charge in [0.2, 0.25) is 0 Å². The molecule has 0 radical (unpaired) electrons. The van der Waals surface area contributed by atoms with Crippen molar-refractivity contribution in [2.45, 2.75) is 0 Å². The van der Waals surface area contributed by atoms with Crippen LogP contribution in [0, 0.1) is 0 Å². The van der Waals surface area contributed by atoms with E-state index in [4.69, 9.17) is 0 Å². The molecule has 0 fully saturated rings. The summed E-state index contributed by atoms with van der Waals surface area (Å²) < 4.78 is 0. The Morgan fingerprint density at radius 3 is 2.45 bits per heavy atom. The first-order chi connectivity index (χ1) is 14.2. The fourth-order valence-electron chi connectivity index (χ4n) is 2.44. The van der Waals surface area contributed by atoms with Crippen molar-refractivity contribution in [1.82, 2.24) is 9.97 Å². The van der Waals surface area contributed by atoms with Crippen molar-refractivity contribution in [3.8, 4) is 11.4 Å². The number of thiophene rings is 1. The highest BCUT2D eigenvalue weighted by atomic mass is 32.1. The molecule has 3 heterocycles. The molecule has 144 valence electrons. The summed E-state index contributed by atoms with van der Waals surface area (Å²) in [6, 6.07) is 17.7. The number of urea groups is 1. The first kappa shape index (κ1) is 18.8. The number of thiazole rings is 1. The molecule has 0 aliphatic rings. The molecule has 0 aliphatic heterocycles. The molecule has 9 heteroatoms. The minimum absolute atomic E-state index is 0.284. The number of nitrogens with zero attached hydrogens (tertiary/aromatic N) is 2. The Labute approximate surface area is 174 Å². The Morgan fingerprint density at radius 2 is 1.66 bits per heavy atom. The topological polar surface area (TPSA) is 96.0 Å². The maximum atomic E-state index is 12.5. The van der Waals surface area contributed by atoms with Crippen LogP contribution in [0.15, 0.2) is 72.2 Å². The van der Waals surface area contributed by atoms with E-state index < -0.39 is 0 Å². The molecule has 3 aromatic heterocycles. The monoisotopic (exact) mass is 421 g/mol. The predicted octanol–water partition coefficient (Wildman–Crippen LogP) is 5.16. The van der Waals surface area contributed by atoms with Gasteiger partial charge < -0.3 is 5.32 Å². The van der Waals surface area contributed by atoms with Crippen LogP contribution < -0.4 is 16.0 Å². The van der Waals surface area contributed by atoms with Crippen LogP contribution in [0.25, 0.3) is 11.4 Å². The first-order valence-corrected chi connectivity index (χ1v) is 10.3. The van der Waals surface area contributed by atoms with Gasteiger partial charge in [-0.2, -0.15) is 0 Å². The summed E-state index contributed by atoms with van der Waals surface area (Å²) in [5, 5.41) is 11.1. The van der Waals surface area contributed by atoms with E-state index in [0.717, 1.165) is 5.69 Å². The largest absolute Gasteiger partial charge is 0.324 e. The minimum Gasteiger partial charge on any atom is -0.308 e. The predicted molar refractivity (Wildman–Crippen MR) is 117 cm³/mol. The Bertz CT molecular complexity index is 1130. The Morgan fingerprint density at radius 1 is 0.828 bits per heavy atom. The summed E-state index contributed by atoms with van der Waals surface area (Å²) in [6.45, 7) is 0. The van der Waals surface area contributed by atoms with E-state index in [-0.39, 0.29) is 11.9 Å². The van der Waals surface area contributed by atoms with Crippen LogP contribution >= 0.6 is 22.7 Å². The number of hydrogen-bond acceptors (Lipinski definition) is 6. The highest BCUT2D eigenvalue weighted by molar-refractivity contribution is 7.18. The van der Waals surface area contributed by atoms with Gasteiger partial charge in [0.05, 0.1) is 15.6 Å². The minimum atomic E-state index is -0.370. The number of carbonyl (C=O) groups is 2. The molecule has 29 heavy (non-hydrogen) atoms. The Hall–Kier alpha value is -3.56. The first-order valence-electron chi connectivity index (χ1n) is 8.58. The number of anilines is 3. The Kier molecular flexibility index (Phi) is 5.59. The summed E-state index contributed by atoms with van der Waals surface area (Å²) in [5.74, 6) is -0.284. The third-order valence-corrected chi connectivity index (χ3v) is 5.51. The standard InChI is InChI=1S/C20H15N5O2S2/c26-18(25-20-23-15(12-28-20)14-8-4-5-11-21-14)16-9-10-17(29-16)24-19(27)22-13-6-2-1-3-7-13/h1-12H,(H2,22,24,27)(H,23,25,26). The lowest BCUT2D eigenvalue weighted by atomic mass is 10.3. The second-order valence-corrected chi connectivity index (χ2v) is 7.76. The highest BCUT2D eigenvalue weighted by Gasteiger charge is 2.14. The molecular formula is C20H15N5O2S2. The summed E-state index contributed by atoms with van der Waals surface area (Å²) in [7, 11) is 0. The van der Waals surface area contributed by atoms with E-state index in [1.165, 1.54) is 22.7 Å². The highest BCUT2D eigenvalue weighted by Crippen LogP contribution is 2.26. The third-order valence-electron chi connectivity index (χ3n) is 3.75. The molecule has 4 rings (SSSR count). The molecule has 0 saturated carbocycles. The molecule has 0 spiro atoms. The van der Waals surface area contributed by atoms with Crippen molar-refractivity contribution in [1.29, 1.82) is 0 Å². The second-order valence-electron chi connectivity index (χ2n) is 5.82. The van der Waals surface area contributed by atoms with Crippen molar-refractivity contribution in [2.24, 2.45) is 0 Å². The van der Waals surface area contributed by atoms with Gasteiger partial charge >= 0.3 is 6.03 Å². The maximum Gasteiger partial charge on any atom is 0.324 e. The van der Waals surface area contributed by atoms with Crippen LogP contribution in [0.3, 0.4) is 0 Å². The molecule has 0 bridgehead atoms. The molecule has 7 nitrogen and oxygen atoms in total. The number of hydrogen-bond donors (Lipinski definition) is 3. The fourth-order valence-corrected chi connectivity index (χ4v) is 3.94. The molecule has 0 unspecified atom stereocenters. The molecule has 0 saturated heterocycles. The van der Waals surface area contributed by atoms with Crippen LogP contribution in [0.4, 0.5) is 20.6 Å². The zero-order chi connectivity index (χ0) is 20.1. The molecule has 3 N–H and O–H groups in total. The SMILES string of the molecule is O=C(Nc1ccccc1)Nc1ccc(C(=O)Nc2nc(-c3ccccn3)cs2)s1. The number of benzene rings is 1. The lowest BCUT2D eigenvalue weighted by Crippen LogP contribution is -2.18. The van der Waals surface area contributed by atoms with Crippen molar-refractivity contribution in [3.05, 3.63) is 77.1 Å². The zero-order valence-electron chi connectivity index (χ0n) is 15.0. The molecule has 0 aliphatic carbocycles. The van der Waals surface area contributed by atoms with Crippen molar-refractivity contribution in [3.63, 3.8) is 0 Å². The summed E-state index contributed by atoms with van der Waals surface area (Å²) >= 11 is 2.51. The maximum absolute atomic E-state index is 12.5. The van der Waals surface area contributed by atoms with Gasteiger partial charge in [0.15, 0.2) is 5.13 Å². The molecule has 3 amide bonds. The number of pyridine rings is 1. The van der Waals surface area contributed by atoms with Crippen LogP contribution in [0.5, 0.6) is 0 Å². The van der Waals surface area contributed by atoms with E-state index in [0.29, 0.717) is 26.4 Å². The number of rotatable bonds is 5. The summed E-state index contributed by atoms with van der Waals surface area (Å²) in [5.41, 5.74) is 2.14. The normalized spacial score (nSPS) is 10.3. The van der Waals surface area contributed by atoms with Crippen molar-refractivity contribution in [2.75, 3.05) is 16.0 Å². The Balaban J connectivity index is 1.36. The van der Waals surface area contributed by atoms with Gasteiger partial charge in [-0.05, 0) is 36.4 Å². The second kappa shape index (κ2) is 8.63. The zero-order valence-corrected chi connectivity index (χ0v) is 16.6. The van der Waals surface area contributed by atoms with Crippen molar-refractivity contribution < 1.29 is 9.59 Å². The summed E-state index contributed by atoms with van der Waals surface area (Å²) in [4.78, 5) is 33.6. The molecule has 1 aromatic carbocycles. The van der Waals surface area contributed by atoms with Gasteiger partial charge in [-0.1, -0.05) is 24.3 Å². The van der Waals surface area contributed by atoms with Crippen molar-refractivity contribution >= 4 is 50.4 Å². The summed E-state index contributed by atoms with van der Waals surface area (Å²) in [6.07, 6.45) is 1.70. The average Bonchev–Trinajstić information content (AvgIpc) is 3.39. The van der Waals surface area contributed by atoms with E-state index in [2.05, 4.69) is 25.9 Å². The van der Waals surface area contributed by atoms with Crippen LogP contribution in [0.1, 0.15) is 9.67 Å². The molecule has 4 aromatic rings. The quantitative estimate of drug-likeness (QED) is 0.415. The smallest absolute Gasteiger partial charge is 0.308 e. The van der Waals surface area contributed by atoms with Crippen LogP contribution in [-0.2, 0) is 0 Å². The van der Waals surface area contributed by atoms with E-state index >= 15 is 0 Å². The lowest BCUT2D eigenvalue weighted by molar-refractivity contribution is 0.103. The van der Waals surface area contributed by atoms with E-state index in [1.807, 2.05) is 41.8 Å². The van der Waals surface area contributed by atoms with Gasteiger partial charge in [-0.15, -0.1) is 22.7 Å². The molecular weight excluding hydrogens is 406 g/mol. The van der Waals surface area contributed by atoms with Crippen LogP contribution in [-0.4, -0.2) is 21.9 Å². The van der Waals surface area contributed by atoms with Gasteiger partial charge in [0, 0.05) is 17.3 Å². The molecule has 0 atom stereocenters. The van der Waals surface area contributed by atoms with Gasteiger partial charge in [-0.3, -0.25) is 20.4 Å².